The number of likely N-dealkylation sites (N-methyl/N-ethyl adjacent to an activating group) is 1. The molecule has 1 saturated heterocycles. The molecule has 1 fully saturated rings. The van der Waals surface area contributed by atoms with Crippen LogP contribution in [0.25, 0.3) is 11.4 Å². The number of benzene rings is 1. The first-order valence-electron chi connectivity index (χ1n) is 14.3. The van der Waals surface area contributed by atoms with Gasteiger partial charge in [0.25, 0.3) is 0 Å². The van der Waals surface area contributed by atoms with Gasteiger partial charge < -0.3 is 24.6 Å². The third-order valence-electron chi connectivity index (χ3n) is 7.15. The fourth-order valence-corrected chi connectivity index (χ4v) is 4.94. The van der Waals surface area contributed by atoms with Gasteiger partial charge in [-0.1, -0.05) is 6.07 Å². The summed E-state index contributed by atoms with van der Waals surface area (Å²) in [5, 5.41) is 30.6. The number of piperidine rings is 1. The minimum absolute atomic E-state index is 0.0295. The Balaban J connectivity index is 0.000000352. The molecular formula is C29H31F9N6O7. The van der Waals surface area contributed by atoms with Crippen molar-refractivity contribution < 1.29 is 74.0 Å². The SMILES string of the molecule is COc1ccc(-c2nnc3n2C2(CCN(Cc4ccccn4)CC2)CN(C)C3)cc1.O=C(O)C(F)(F)F.O=C(O)C(F)(F)F.O=C(O)C(F)(F)F. The second kappa shape index (κ2) is 17.3. The van der Waals surface area contributed by atoms with E-state index in [-0.39, 0.29) is 5.54 Å². The summed E-state index contributed by atoms with van der Waals surface area (Å²) >= 11 is 0. The first-order valence-corrected chi connectivity index (χ1v) is 14.3. The van der Waals surface area contributed by atoms with Gasteiger partial charge in [-0.15, -0.1) is 10.2 Å². The maximum Gasteiger partial charge on any atom is 0.490 e. The van der Waals surface area contributed by atoms with E-state index in [0.29, 0.717) is 0 Å². The fourth-order valence-electron chi connectivity index (χ4n) is 4.94. The largest absolute Gasteiger partial charge is 0.497 e. The maximum absolute atomic E-state index is 10.6. The Bertz CT molecular complexity index is 1530. The molecule has 2 aliphatic rings. The van der Waals surface area contributed by atoms with Crippen molar-refractivity contribution in [3.05, 3.63) is 60.2 Å². The molecule has 4 heterocycles. The number of nitrogens with zero attached hydrogens (tertiary/aromatic N) is 6. The molecule has 5 rings (SSSR count). The van der Waals surface area contributed by atoms with E-state index in [4.69, 9.17) is 34.4 Å². The number of halogens is 9. The third-order valence-corrected chi connectivity index (χ3v) is 7.15. The number of fused-ring (bicyclic) bond motifs is 2. The van der Waals surface area contributed by atoms with Crippen molar-refractivity contribution in [1.29, 1.82) is 0 Å². The molecule has 0 atom stereocenters. The van der Waals surface area contributed by atoms with Gasteiger partial charge in [-0.25, -0.2) is 14.4 Å². The molecule has 0 aliphatic carbocycles. The highest BCUT2D eigenvalue weighted by atomic mass is 19.4. The zero-order valence-corrected chi connectivity index (χ0v) is 26.6. The van der Waals surface area contributed by atoms with Gasteiger partial charge in [0, 0.05) is 37.9 Å². The molecule has 3 aromatic rings. The van der Waals surface area contributed by atoms with Crippen LogP contribution < -0.4 is 4.74 Å². The average Bonchev–Trinajstić information content (AvgIpc) is 3.47. The summed E-state index contributed by atoms with van der Waals surface area (Å²) in [7, 11) is 3.88. The van der Waals surface area contributed by atoms with E-state index in [9.17, 15) is 39.5 Å². The molecule has 0 bridgehead atoms. The van der Waals surface area contributed by atoms with E-state index >= 15 is 0 Å². The molecule has 0 amide bonds. The summed E-state index contributed by atoms with van der Waals surface area (Å²) in [4.78, 5) is 36.1. The van der Waals surface area contributed by atoms with Crippen molar-refractivity contribution in [2.75, 3.05) is 33.8 Å². The highest BCUT2D eigenvalue weighted by Gasteiger charge is 2.44. The van der Waals surface area contributed by atoms with Gasteiger partial charge in [0.15, 0.2) is 5.82 Å². The zero-order chi connectivity index (χ0) is 38.8. The number of hydrogen-bond acceptors (Lipinski definition) is 9. The molecule has 3 N–H and O–H groups in total. The number of rotatable bonds is 4. The molecule has 22 heteroatoms. The standard InChI is InChI=1S/C23H28N6O.3C2HF3O2/c1-27-16-21-25-26-22(18-6-8-20(30-2)9-7-18)29(21)23(17-27)10-13-28(14-11-23)15-19-5-3-4-12-24-19;3*3-2(4,5)1(6)7/h3-9,12H,10-11,13-17H2,1-2H3;3*(H,6,7). The minimum atomic E-state index is -5.08. The summed E-state index contributed by atoms with van der Waals surface area (Å²) in [5.41, 5.74) is 2.26. The number of aliphatic carboxylic acids is 3. The Kier molecular flexibility index (Phi) is 14.3. The monoisotopic (exact) mass is 746 g/mol. The van der Waals surface area contributed by atoms with Crippen LogP contribution in [0.5, 0.6) is 5.75 Å². The fraction of sp³-hybridized carbons (Fsp3) is 0.448. The lowest BCUT2D eigenvalue weighted by molar-refractivity contribution is -0.193. The molecule has 0 saturated carbocycles. The number of carboxylic acid groups (broad SMARTS) is 3. The van der Waals surface area contributed by atoms with Crippen LogP contribution >= 0.6 is 0 Å². The van der Waals surface area contributed by atoms with Crippen LogP contribution in [0.15, 0.2) is 48.7 Å². The van der Waals surface area contributed by atoms with Gasteiger partial charge in [0.1, 0.15) is 11.6 Å². The highest BCUT2D eigenvalue weighted by molar-refractivity contribution is 5.73. The summed E-state index contributed by atoms with van der Waals surface area (Å²) in [6, 6.07) is 14.3. The maximum atomic E-state index is 10.6. The number of ether oxygens (including phenoxy) is 1. The molecule has 2 aliphatic heterocycles. The third kappa shape index (κ3) is 12.7. The van der Waals surface area contributed by atoms with Crippen molar-refractivity contribution >= 4 is 17.9 Å². The predicted molar refractivity (Wildman–Crippen MR) is 156 cm³/mol. The second-order valence-corrected chi connectivity index (χ2v) is 10.9. The molecule has 1 spiro atoms. The number of carboxylic acids is 3. The van der Waals surface area contributed by atoms with E-state index in [1.807, 2.05) is 24.4 Å². The predicted octanol–water partition coefficient (Wildman–Crippen LogP) is 4.69. The lowest BCUT2D eigenvalue weighted by Gasteiger charge is -2.48. The molecule has 13 nitrogen and oxygen atoms in total. The van der Waals surface area contributed by atoms with Crippen LogP contribution in [0.2, 0.25) is 0 Å². The average molecular weight is 747 g/mol. The van der Waals surface area contributed by atoms with Crippen molar-refractivity contribution in [3.8, 4) is 17.1 Å². The number of methoxy groups -OCH3 is 1. The summed E-state index contributed by atoms with van der Waals surface area (Å²) in [5.74, 6) is -5.38. The number of aromatic nitrogens is 4. The number of likely N-dealkylation sites (tertiary alicyclic amines) is 1. The van der Waals surface area contributed by atoms with Crippen LogP contribution in [-0.2, 0) is 33.0 Å². The van der Waals surface area contributed by atoms with E-state index in [2.05, 4.69) is 60.9 Å². The number of carbonyl (C=O) groups is 3. The van der Waals surface area contributed by atoms with Crippen LogP contribution in [0.1, 0.15) is 24.4 Å². The van der Waals surface area contributed by atoms with Crippen LogP contribution in [0, 0.1) is 0 Å². The summed E-state index contributed by atoms with van der Waals surface area (Å²) in [6.07, 6.45) is -11.2. The van der Waals surface area contributed by atoms with E-state index < -0.39 is 36.4 Å². The van der Waals surface area contributed by atoms with Gasteiger partial charge in [-0.2, -0.15) is 39.5 Å². The lowest BCUT2D eigenvalue weighted by atomic mass is 9.84. The van der Waals surface area contributed by atoms with Crippen molar-refractivity contribution in [3.63, 3.8) is 0 Å². The topological polar surface area (TPSA) is 171 Å². The van der Waals surface area contributed by atoms with Gasteiger partial charge in [-0.05, 0) is 56.3 Å². The van der Waals surface area contributed by atoms with Gasteiger partial charge in [0.2, 0.25) is 0 Å². The Hall–Kier alpha value is -4.99. The van der Waals surface area contributed by atoms with Gasteiger partial charge in [-0.3, -0.25) is 14.8 Å². The quantitative estimate of drug-likeness (QED) is 0.316. The molecule has 0 radical (unpaired) electrons. The number of alkyl halides is 9. The van der Waals surface area contributed by atoms with Crippen LogP contribution in [0.3, 0.4) is 0 Å². The van der Waals surface area contributed by atoms with E-state index in [1.165, 1.54) is 0 Å². The molecule has 0 unspecified atom stereocenters. The first-order chi connectivity index (χ1) is 23.5. The highest BCUT2D eigenvalue weighted by Crippen LogP contribution is 2.39. The molecule has 1 aromatic carbocycles. The molecular weight excluding hydrogens is 715 g/mol. The van der Waals surface area contributed by atoms with Crippen molar-refractivity contribution in [2.45, 2.75) is 50.0 Å². The van der Waals surface area contributed by atoms with E-state index in [1.54, 1.807) is 7.11 Å². The Labute approximate surface area is 282 Å². The van der Waals surface area contributed by atoms with Crippen LogP contribution in [0.4, 0.5) is 39.5 Å². The van der Waals surface area contributed by atoms with Gasteiger partial charge >= 0.3 is 36.4 Å². The number of hydrogen-bond donors (Lipinski definition) is 3. The van der Waals surface area contributed by atoms with Gasteiger partial charge in [0.05, 0.1) is 24.9 Å². The van der Waals surface area contributed by atoms with Crippen LogP contribution in [-0.4, -0.2) is 115 Å². The smallest absolute Gasteiger partial charge is 0.490 e. The normalized spacial score (nSPS) is 15.8. The Morgan fingerprint density at radius 2 is 1.29 bits per heavy atom. The summed E-state index contributed by atoms with van der Waals surface area (Å²) < 4.78 is 103. The van der Waals surface area contributed by atoms with Crippen molar-refractivity contribution in [1.82, 2.24) is 29.5 Å². The molecule has 282 valence electrons. The lowest BCUT2D eigenvalue weighted by Crippen LogP contribution is -2.55. The van der Waals surface area contributed by atoms with Crippen molar-refractivity contribution in [2.24, 2.45) is 0 Å². The zero-order valence-electron chi connectivity index (χ0n) is 26.6. The first kappa shape index (κ1) is 42.2. The minimum Gasteiger partial charge on any atom is -0.497 e. The second-order valence-electron chi connectivity index (χ2n) is 10.9. The molecule has 51 heavy (non-hydrogen) atoms. The molecule has 2 aromatic heterocycles. The van der Waals surface area contributed by atoms with E-state index in [0.717, 1.165) is 74.2 Å². The Morgan fingerprint density at radius 1 is 0.804 bits per heavy atom. The Morgan fingerprint density at radius 3 is 1.71 bits per heavy atom. The summed E-state index contributed by atoms with van der Waals surface area (Å²) in [6.45, 7) is 4.86. The number of pyridine rings is 1.